The smallest absolute Gasteiger partial charge is 0.258 e. The van der Waals surface area contributed by atoms with Gasteiger partial charge in [-0.1, -0.05) is 6.07 Å². The molecule has 0 aliphatic heterocycles. The molecule has 2 aromatic rings. The number of carbonyl (C=O) groups is 1. The Hall–Kier alpha value is -1.88. The fourth-order valence-corrected chi connectivity index (χ4v) is 2.65. The van der Waals surface area contributed by atoms with E-state index in [9.17, 15) is 4.79 Å². The second kappa shape index (κ2) is 6.52. The number of aryl methyl sites for hydroxylation is 2. The molecule has 0 saturated heterocycles. The van der Waals surface area contributed by atoms with Gasteiger partial charge in [0.25, 0.3) is 5.91 Å². The first-order valence-corrected chi connectivity index (χ1v) is 7.33. The van der Waals surface area contributed by atoms with Gasteiger partial charge in [0.05, 0.1) is 6.04 Å². The van der Waals surface area contributed by atoms with E-state index >= 15 is 0 Å². The fourth-order valence-electron chi connectivity index (χ4n) is 1.92. The van der Waals surface area contributed by atoms with E-state index in [1.165, 1.54) is 0 Å². The van der Waals surface area contributed by atoms with Crippen molar-refractivity contribution in [2.75, 3.05) is 6.61 Å². The number of hydrogen-bond donors (Lipinski definition) is 1. The molecule has 0 radical (unpaired) electrons. The molecular formula is C15H18N2O2S. The van der Waals surface area contributed by atoms with Gasteiger partial charge < -0.3 is 10.1 Å². The predicted molar refractivity (Wildman–Crippen MR) is 80.1 cm³/mol. The lowest BCUT2D eigenvalue weighted by molar-refractivity contribution is -0.123. The molecule has 0 bridgehead atoms. The largest absolute Gasteiger partial charge is 0.484 e. The fraction of sp³-hybridized carbons (Fsp3) is 0.333. The molecule has 2 aromatic heterocycles. The number of aromatic nitrogens is 1. The highest BCUT2D eigenvalue weighted by Crippen LogP contribution is 2.18. The van der Waals surface area contributed by atoms with Gasteiger partial charge in [0, 0.05) is 28.4 Å². The standard InChI is InChI=1S/C15H18N2O2S/c1-10-7-13(8-11(2)16-10)19-9-15(18)17-12(3)14-5-4-6-20-14/h4-8,12H,9H2,1-3H3,(H,17,18)/t12-/m1/s1. The van der Waals surface area contributed by atoms with Crippen LogP contribution in [0, 0.1) is 13.8 Å². The van der Waals surface area contributed by atoms with Crippen molar-refractivity contribution in [3.05, 3.63) is 45.9 Å². The molecule has 0 aromatic carbocycles. The summed E-state index contributed by atoms with van der Waals surface area (Å²) in [5.74, 6) is 0.548. The summed E-state index contributed by atoms with van der Waals surface area (Å²) in [5, 5.41) is 4.91. The highest BCUT2D eigenvalue weighted by Gasteiger charge is 2.11. The van der Waals surface area contributed by atoms with Crippen LogP contribution in [0.2, 0.25) is 0 Å². The quantitative estimate of drug-likeness (QED) is 0.921. The lowest BCUT2D eigenvalue weighted by atomic mass is 10.3. The molecule has 4 nitrogen and oxygen atoms in total. The van der Waals surface area contributed by atoms with Gasteiger partial charge in [0.15, 0.2) is 6.61 Å². The van der Waals surface area contributed by atoms with Gasteiger partial charge in [0.1, 0.15) is 5.75 Å². The number of nitrogens with zero attached hydrogens (tertiary/aromatic N) is 1. The van der Waals surface area contributed by atoms with Gasteiger partial charge in [-0.3, -0.25) is 9.78 Å². The van der Waals surface area contributed by atoms with Crippen LogP contribution in [0.1, 0.15) is 29.2 Å². The van der Waals surface area contributed by atoms with E-state index in [1.54, 1.807) is 11.3 Å². The zero-order chi connectivity index (χ0) is 14.5. The van der Waals surface area contributed by atoms with Crippen LogP contribution in [0.15, 0.2) is 29.6 Å². The van der Waals surface area contributed by atoms with Gasteiger partial charge >= 0.3 is 0 Å². The first-order chi connectivity index (χ1) is 9.54. The molecule has 1 amide bonds. The summed E-state index contributed by atoms with van der Waals surface area (Å²) >= 11 is 1.63. The minimum Gasteiger partial charge on any atom is -0.484 e. The number of carbonyl (C=O) groups excluding carboxylic acids is 1. The minimum atomic E-state index is -0.127. The van der Waals surface area contributed by atoms with Gasteiger partial charge in [-0.25, -0.2) is 0 Å². The first kappa shape index (κ1) is 14.5. The molecule has 5 heteroatoms. The Morgan fingerprint density at radius 3 is 2.70 bits per heavy atom. The van der Waals surface area contributed by atoms with Crippen LogP contribution in [0.3, 0.4) is 0 Å². The van der Waals surface area contributed by atoms with Gasteiger partial charge in [-0.2, -0.15) is 0 Å². The van der Waals surface area contributed by atoms with E-state index in [2.05, 4.69) is 10.3 Å². The van der Waals surface area contributed by atoms with Crippen molar-refractivity contribution in [3.63, 3.8) is 0 Å². The minimum absolute atomic E-state index is 0.00649. The van der Waals surface area contributed by atoms with Crippen LogP contribution in [0.5, 0.6) is 5.75 Å². The Kier molecular flexibility index (Phi) is 4.74. The molecule has 1 N–H and O–H groups in total. The van der Waals surface area contributed by atoms with Crippen molar-refractivity contribution in [2.45, 2.75) is 26.8 Å². The van der Waals surface area contributed by atoms with Crippen LogP contribution in [0.4, 0.5) is 0 Å². The summed E-state index contributed by atoms with van der Waals surface area (Å²) in [4.78, 5) is 17.2. The van der Waals surface area contributed by atoms with Crippen molar-refractivity contribution in [2.24, 2.45) is 0 Å². The number of thiophene rings is 1. The Morgan fingerprint density at radius 1 is 1.40 bits per heavy atom. The summed E-state index contributed by atoms with van der Waals surface area (Å²) < 4.78 is 5.50. The molecule has 0 aliphatic carbocycles. The summed E-state index contributed by atoms with van der Waals surface area (Å²) in [6.45, 7) is 5.78. The zero-order valence-electron chi connectivity index (χ0n) is 11.8. The topological polar surface area (TPSA) is 51.2 Å². The van der Waals surface area contributed by atoms with E-state index in [1.807, 2.05) is 50.4 Å². The summed E-state index contributed by atoms with van der Waals surface area (Å²) in [5.41, 5.74) is 1.76. The molecule has 1 atom stereocenters. The predicted octanol–water partition coefficient (Wildman–Crippen LogP) is 3.02. The number of nitrogens with one attached hydrogen (secondary N) is 1. The number of amides is 1. The highest BCUT2D eigenvalue weighted by atomic mass is 32.1. The van der Waals surface area contributed by atoms with Crippen LogP contribution < -0.4 is 10.1 Å². The van der Waals surface area contributed by atoms with Crippen molar-refractivity contribution >= 4 is 17.2 Å². The molecule has 0 fully saturated rings. The molecule has 0 spiro atoms. The van der Waals surface area contributed by atoms with Crippen molar-refractivity contribution in [3.8, 4) is 5.75 Å². The van der Waals surface area contributed by atoms with E-state index in [4.69, 9.17) is 4.74 Å². The maximum atomic E-state index is 11.8. The van der Waals surface area contributed by atoms with E-state index < -0.39 is 0 Å². The number of rotatable bonds is 5. The van der Waals surface area contributed by atoms with Crippen LogP contribution in [0.25, 0.3) is 0 Å². The third kappa shape index (κ3) is 4.06. The molecule has 106 valence electrons. The van der Waals surface area contributed by atoms with Gasteiger partial charge in [0.2, 0.25) is 0 Å². The second-order valence-electron chi connectivity index (χ2n) is 4.68. The molecule has 20 heavy (non-hydrogen) atoms. The Labute approximate surface area is 122 Å². The average molecular weight is 290 g/mol. The Balaban J connectivity index is 1.86. The Morgan fingerprint density at radius 2 is 2.10 bits per heavy atom. The highest BCUT2D eigenvalue weighted by molar-refractivity contribution is 7.10. The van der Waals surface area contributed by atoms with E-state index in [0.717, 1.165) is 16.3 Å². The molecule has 0 saturated carbocycles. The molecular weight excluding hydrogens is 272 g/mol. The Bertz CT molecular complexity index is 561. The summed E-state index contributed by atoms with van der Waals surface area (Å²) in [6, 6.07) is 7.63. The zero-order valence-corrected chi connectivity index (χ0v) is 12.7. The third-order valence-corrected chi connectivity index (χ3v) is 3.83. The summed E-state index contributed by atoms with van der Waals surface area (Å²) in [6.07, 6.45) is 0. The number of pyridine rings is 1. The van der Waals surface area contributed by atoms with Crippen molar-refractivity contribution in [1.82, 2.24) is 10.3 Å². The van der Waals surface area contributed by atoms with Gasteiger partial charge in [-0.15, -0.1) is 11.3 Å². The normalized spacial score (nSPS) is 11.9. The average Bonchev–Trinajstić information content (AvgIpc) is 2.89. The first-order valence-electron chi connectivity index (χ1n) is 6.45. The number of ether oxygens (including phenoxy) is 1. The molecule has 2 heterocycles. The second-order valence-corrected chi connectivity index (χ2v) is 5.66. The maximum Gasteiger partial charge on any atom is 0.258 e. The van der Waals surface area contributed by atoms with Gasteiger partial charge in [-0.05, 0) is 32.2 Å². The lowest BCUT2D eigenvalue weighted by Crippen LogP contribution is -2.30. The third-order valence-electron chi connectivity index (χ3n) is 2.77. The maximum absolute atomic E-state index is 11.8. The van der Waals surface area contributed by atoms with Crippen molar-refractivity contribution < 1.29 is 9.53 Å². The van der Waals surface area contributed by atoms with E-state index in [0.29, 0.717) is 5.75 Å². The van der Waals surface area contributed by atoms with E-state index in [-0.39, 0.29) is 18.6 Å². The van der Waals surface area contributed by atoms with Crippen LogP contribution in [-0.2, 0) is 4.79 Å². The van der Waals surface area contributed by atoms with Crippen molar-refractivity contribution in [1.29, 1.82) is 0 Å². The summed E-state index contributed by atoms with van der Waals surface area (Å²) in [7, 11) is 0. The van der Waals surface area contributed by atoms with Crippen LogP contribution >= 0.6 is 11.3 Å². The molecule has 2 rings (SSSR count). The lowest BCUT2D eigenvalue weighted by Gasteiger charge is -2.13. The number of hydrogen-bond acceptors (Lipinski definition) is 4. The SMILES string of the molecule is Cc1cc(OCC(=O)N[C@H](C)c2cccs2)cc(C)n1. The molecule has 0 aliphatic rings. The molecule has 0 unspecified atom stereocenters. The monoisotopic (exact) mass is 290 g/mol. The van der Waals surface area contributed by atoms with Crippen LogP contribution in [-0.4, -0.2) is 17.5 Å².